The Morgan fingerprint density at radius 3 is 1.23 bits per heavy atom. The van der Waals surface area contributed by atoms with Gasteiger partial charge in [0.05, 0.1) is 5.41 Å². The third-order valence-corrected chi connectivity index (χ3v) is 16.2. The zero-order valence-electron chi connectivity index (χ0n) is 43.0. The lowest BCUT2D eigenvalue weighted by molar-refractivity contribution is 0.733. The molecule has 11 aromatic rings. The molecule has 2 aliphatic rings. The summed E-state index contributed by atoms with van der Waals surface area (Å²) in [6, 6.07) is 97.1. The van der Waals surface area contributed by atoms with Gasteiger partial charge in [0.25, 0.3) is 0 Å². The summed E-state index contributed by atoms with van der Waals surface area (Å²) in [6.45, 7) is 8.92. The van der Waals surface area contributed by atoms with Gasteiger partial charge in [0.15, 0.2) is 0 Å². The second-order valence-electron chi connectivity index (χ2n) is 20.6. The highest BCUT2D eigenvalue weighted by molar-refractivity contribution is 5.96. The highest BCUT2D eigenvalue weighted by atomic mass is 15.1. The third-order valence-electron chi connectivity index (χ3n) is 16.2. The summed E-state index contributed by atoms with van der Waals surface area (Å²) < 4.78 is 0. The van der Waals surface area contributed by atoms with Crippen molar-refractivity contribution in [3.05, 3.63) is 300 Å². The van der Waals surface area contributed by atoms with Crippen molar-refractivity contribution >= 4 is 34.1 Å². The van der Waals surface area contributed by atoms with E-state index in [-0.39, 0.29) is 0 Å². The van der Waals surface area contributed by atoms with Crippen LogP contribution in [0.25, 0.3) is 55.6 Å². The van der Waals surface area contributed by atoms with Crippen LogP contribution >= 0.6 is 0 Å². The molecule has 0 aliphatic heterocycles. The van der Waals surface area contributed by atoms with E-state index in [0.717, 1.165) is 40.5 Å². The van der Waals surface area contributed by atoms with E-state index < -0.39 is 5.41 Å². The molecule has 1 unspecified atom stereocenters. The summed E-state index contributed by atoms with van der Waals surface area (Å²) in [4.78, 5) is 4.80. The van der Waals surface area contributed by atoms with Crippen LogP contribution in [0.3, 0.4) is 0 Å². The largest absolute Gasteiger partial charge is 0.311 e. The fourth-order valence-electron chi connectivity index (χ4n) is 12.1. The highest BCUT2D eigenvalue weighted by Crippen LogP contribution is 2.63. The molecule has 360 valence electrons. The Hall–Kier alpha value is -8.98. The van der Waals surface area contributed by atoms with Gasteiger partial charge in [0.1, 0.15) is 0 Å². The van der Waals surface area contributed by atoms with Crippen molar-refractivity contribution < 1.29 is 0 Å². The molecule has 2 heteroatoms. The van der Waals surface area contributed by atoms with Crippen LogP contribution in [0.5, 0.6) is 0 Å². The van der Waals surface area contributed by atoms with Crippen molar-refractivity contribution in [3.63, 3.8) is 0 Å². The van der Waals surface area contributed by atoms with Gasteiger partial charge < -0.3 is 9.80 Å². The molecule has 0 saturated carbocycles. The summed E-state index contributed by atoms with van der Waals surface area (Å²) in [5.74, 6) is 0.527. The maximum absolute atomic E-state index is 2.48. The van der Waals surface area contributed by atoms with E-state index in [2.05, 4.69) is 298 Å². The van der Waals surface area contributed by atoms with Gasteiger partial charge in [0.2, 0.25) is 0 Å². The van der Waals surface area contributed by atoms with E-state index >= 15 is 0 Å². The summed E-state index contributed by atoms with van der Waals surface area (Å²) in [5.41, 5.74) is 27.9. The quantitative estimate of drug-likeness (QED) is 0.127. The predicted molar refractivity (Wildman–Crippen MR) is 317 cm³/mol. The second kappa shape index (κ2) is 18.8. The number of fused-ring (bicyclic) bond motifs is 10. The zero-order valence-corrected chi connectivity index (χ0v) is 43.0. The molecule has 2 aliphatic carbocycles. The van der Waals surface area contributed by atoms with Crippen molar-refractivity contribution in [2.24, 2.45) is 0 Å². The van der Waals surface area contributed by atoms with Crippen molar-refractivity contribution in [2.45, 2.75) is 45.4 Å². The number of rotatable bonds is 11. The fourth-order valence-corrected chi connectivity index (χ4v) is 12.1. The lowest BCUT2D eigenvalue weighted by Crippen LogP contribution is -2.26. The van der Waals surface area contributed by atoms with Gasteiger partial charge in [-0.25, -0.2) is 0 Å². The van der Waals surface area contributed by atoms with E-state index in [1.54, 1.807) is 0 Å². The standard InChI is InChI=1S/C73H58N2/c1-5-50(3)52-27-37-59(38-28-52)74(58-35-23-49(2)24-36-58)60-41-31-55(32-42-60)57-26-25-51(4)68(47-57)56-33-43-62(44-34-56)75(61-39-29-54(30-40-61)53-15-7-6-8-16-53)63-45-46-67-66-19-11-14-22-71(66)73(72(67)48-63)69-20-12-9-17-64(69)65-18-10-13-21-70(65)73/h6-48,50H,5H2,1-4H3. The minimum absolute atomic E-state index is 0.440. The Balaban J connectivity index is 0.876. The Kier molecular flexibility index (Phi) is 11.5. The Bertz CT molecular complexity index is 3810. The Morgan fingerprint density at radius 1 is 0.320 bits per heavy atom. The Morgan fingerprint density at radius 2 is 0.707 bits per heavy atom. The molecule has 0 bridgehead atoms. The monoisotopic (exact) mass is 962 g/mol. The van der Waals surface area contributed by atoms with E-state index in [0.29, 0.717) is 5.92 Å². The van der Waals surface area contributed by atoms with Crippen LogP contribution in [0.4, 0.5) is 34.1 Å². The van der Waals surface area contributed by atoms with Crippen LogP contribution in [-0.2, 0) is 5.41 Å². The van der Waals surface area contributed by atoms with Gasteiger partial charge >= 0.3 is 0 Å². The molecule has 0 saturated heterocycles. The maximum Gasteiger partial charge on any atom is 0.0726 e. The molecule has 11 aromatic carbocycles. The number of hydrogen-bond acceptors (Lipinski definition) is 2. The topological polar surface area (TPSA) is 6.48 Å². The SMILES string of the molecule is CCC(C)c1ccc(N(c2ccc(C)cc2)c2ccc(-c3ccc(C)c(-c4ccc(N(c5ccc(-c6ccccc6)cc5)c5ccc6c(c5)C5(c7ccccc7-c7ccccc75)c5ccccc5-6)cc4)c3)cc2)cc1. The molecule has 0 fully saturated rings. The molecule has 75 heavy (non-hydrogen) atoms. The number of hydrogen-bond donors (Lipinski definition) is 0. The molecule has 0 aromatic heterocycles. The van der Waals surface area contributed by atoms with Crippen LogP contribution < -0.4 is 9.80 Å². The third kappa shape index (κ3) is 7.79. The van der Waals surface area contributed by atoms with Gasteiger partial charge in [0, 0.05) is 34.1 Å². The number of anilines is 6. The predicted octanol–water partition coefficient (Wildman–Crippen LogP) is 20.1. The Labute approximate surface area is 442 Å². The van der Waals surface area contributed by atoms with E-state index in [1.165, 1.54) is 94.6 Å². The molecule has 1 atom stereocenters. The van der Waals surface area contributed by atoms with Gasteiger partial charge in [-0.2, -0.15) is 0 Å². The average Bonchev–Trinajstić information content (AvgIpc) is 4.17. The van der Waals surface area contributed by atoms with Crippen LogP contribution in [-0.4, -0.2) is 0 Å². The minimum atomic E-state index is -0.440. The zero-order chi connectivity index (χ0) is 50.6. The molecular weight excluding hydrogens is 905 g/mol. The highest BCUT2D eigenvalue weighted by Gasteiger charge is 2.51. The molecular formula is C73H58N2. The second-order valence-corrected chi connectivity index (χ2v) is 20.6. The average molecular weight is 963 g/mol. The number of benzene rings is 11. The number of aryl methyl sites for hydroxylation is 2. The first-order chi connectivity index (χ1) is 36.9. The first-order valence-corrected chi connectivity index (χ1v) is 26.5. The van der Waals surface area contributed by atoms with Gasteiger partial charge in [-0.05, 0) is 194 Å². The van der Waals surface area contributed by atoms with Crippen LogP contribution in [0, 0.1) is 13.8 Å². The minimum Gasteiger partial charge on any atom is -0.311 e. The van der Waals surface area contributed by atoms with Crippen molar-refractivity contribution in [2.75, 3.05) is 9.80 Å². The lowest BCUT2D eigenvalue weighted by Gasteiger charge is -2.32. The van der Waals surface area contributed by atoms with E-state index in [9.17, 15) is 0 Å². The number of nitrogens with zero attached hydrogens (tertiary/aromatic N) is 2. The van der Waals surface area contributed by atoms with E-state index in [4.69, 9.17) is 0 Å². The first-order valence-electron chi connectivity index (χ1n) is 26.5. The molecule has 2 nitrogen and oxygen atoms in total. The van der Waals surface area contributed by atoms with Gasteiger partial charge in [-0.3, -0.25) is 0 Å². The fraction of sp³-hybridized carbons (Fsp3) is 0.0959. The summed E-state index contributed by atoms with van der Waals surface area (Å²) in [5, 5.41) is 0. The lowest BCUT2D eigenvalue weighted by atomic mass is 9.70. The molecule has 0 heterocycles. The van der Waals surface area contributed by atoms with E-state index in [1.807, 2.05) is 0 Å². The van der Waals surface area contributed by atoms with Crippen LogP contribution in [0.1, 0.15) is 65.1 Å². The van der Waals surface area contributed by atoms with Gasteiger partial charge in [-0.15, -0.1) is 0 Å². The maximum atomic E-state index is 2.48. The van der Waals surface area contributed by atoms with Gasteiger partial charge in [-0.1, -0.05) is 201 Å². The summed E-state index contributed by atoms with van der Waals surface area (Å²) in [6.07, 6.45) is 1.12. The summed E-state index contributed by atoms with van der Waals surface area (Å²) >= 11 is 0. The smallest absolute Gasteiger partial charge is 0.0726 e. The molecule has 1 spiro atoms. The molecule has 0 amide bonds. The van der Waals surface area contributed by atoms with Crippen molar-refractivity contribution in [1.29, 1.82) is 0 Å². The van der Waals surface area contributed by atoms with Crippen molar-refractivity contribution in [1.82, 2.24) is 0 Å². The first kappa shape index (κ1) is 45.9. The van der Waals surface area contributed by atoms with Crippen molar-refractivity contribution in [3.8, 4) is 55.6 Å². The molecule has 0 N–H and O–H groups in total. The molecule has 0 radical (unpaired) electrons. The summed E-state index contributed by atoms with van der Waals surface area (Å²) in [7, 11) is 0. The van der Waals surface area contributed by atoms with Crippen LogP contribution in [0.15, 0.2) is 261 Å². The molecule has 13 rings (SSSR count). The van der Waals surface area contributed by atoms with Crippen LogP contribution in [0.2, 0.25) is 0 Å². The normalized spacial score (nSPS) is 12.9.